The molecule has 1 N–H and O–H groups in total. The SMILES string of the molecule is COC(=O)c1ccc(CN2C(=O)NC(=Cc3c(C)n(CC(=O)OC(C)C)c4ccccc34)C2=O)o1. The second kappa shape index (κ2) is 9.49. The lowest BCUT2D eigenvalue weighted by molar-refractivity contribution is -0.148. The molecule has 0 radical (unpaired) electrons. The van der Waals surface area contributed by atoms with Gasteiger partial charge in [0, 0.05) is 22.2 Å². The number of benzene rings is 1. The van der Waals surface area contributed by atoms with E-state index in [9.17, 15) is 19.2 Å². The minimum absolute atomic E-state index is 0.0150. The van der Waals surface area contributed by atoms with Crippen LogP contribution in [0.2, 0.25) is 0 Å². The van der Waals surface area contributed by atoms with E-state index in [0.717, 1.165) is 21.5 Å². The zero-order valence-corrected chi connectivity index (χ0v) is 19.8. The Bertz CT molecular complexity index is 1360. The molecule has 0 unspecified atom stereocenters. The predicted octanol–water partition coefficient (Wildman–Crippen LogP) is 3.37. The fourth-order valence-electron chi connectivity index (χ4n) is 3.96. The van der Waals surface area contributed by atoms with Crippen LogP contribution in [-0.4, -0.2) is 46.6 Å². The smallest absolute Gasteiger partial charge is 0.373 e. The summed E-state index contributed by atoms with van der Waals surface area (Å²) >= 11 is 0. The minimum Gasteiger partial charge on any atom is -0.463 e. The van der Waals surface area contributed by atoms with Gasteiger partial charge in [-0.05, 0) is 45.0 Å². The summed E-state index contributed by atoms with van der Waals surface area (Å²) < 4.78 is 17.1. The number of furan rings is 1. The molecular weight excluding hydrogens is 454 g/mol. The molecule has 1 saturated heterocycles. The third-order valence-electron chi connectivity index (χ3n) is 5.55. The van der Waals surface area contributed by atoms with Crippen molar-refractivity contribution in [2.75, 3.05) is 7.11 Å². The third kappa shape index (κ3) is 4.68. The van der Waals surface area contributed by atoms with E-state index >= 15 is 0 Å². The van der Waals surface area contributed by atoms with Crippen LogP contribution in [0.4, 0.5) is 4.79 Å². The number of hydrogen-bond acceptors (Lipinski definition) is 7. The molecule has 4 rings (SSSR count). The van der Waals surface area contributed by atoms with Crippen LogP contribution in [0.5, 0.6) is 0 Å². The molecule has 0 aliphatic carbocycles. The Balaban J connectivity index is 1.63. The van der Waals surface area contributed by atoms with Gasteiger partial charge in [-0.2, -0.15) is 0 Å². The Labute approximate surface area is 201 Å². The van der Waals surface area contributed by atoms with Gasteiger partial charge in [-0.1, -0.05) is 18.2 Å². The molecule has 1 aliphatic rings. The first-order valence-electron chi connectivity index (χ1n) is 11.0. The highest BCUT2D eigenvalue weighted by atomic mass is 16.5. The molecule has 10 nitrogen and oxygen atoms in total. The van der Waals surface area contributed by atoms with E-state index in [-0.39, 0.29) is 42.4 Å². The molecule has 182 valence electrons. The Kier molecular flexibility index (Phi) is 6.46. The average Bonchev–Trinajstić information content (AvgIpc) is 3.47. The molecule has 0 spiro atoms. The summed E-state index contributed by atoms with van der Waals surface area (Å²) in [5, 5.41) is 3.42. The molecule has 1 fully saturated rings. The number of aromatic nitrogens is 1. The first kappa shape index (κ1) is 23.8. The van der Waals surface area contributed by atoms with Crippen LogP contribution in [0.3, 0.4) is 0 Å². The molecule has 2 aromatic heterocycles. The number of nitrogens with one attached hydrogen (secondary N) is 1. The summed E-state index contributed by atoms with van der Waals surface area (Å²) in [4.78, 5) is 50.5. The largest absolute Gasteiger partial charge is 0.463 e. The van der Waals surface area contributed by atoms with E-state index < -0.39 is 17.9 Å². The second-order valence-electron chi connectivity index (χ2n) is 8.28. The number of hydrogen-bond donors (Lipinski definition) is 1. The van der Waals surface area contributed by atoms with Crippen LogP contribution in [0.25, 0.3) is 17.0 Å². The van der Waals surface area contributed by atoms with Gasteiger partial charge in [-0.15, -0.1) is 0 Å². The summed E-state index contributed by atoms with van der Waals surface area (Å²) in [6.45, 7) is 5.27. The number of fused-ring (bicyclic) bond motifs is 1. The molecule has 35 heavy (non-hydrogen) atoms. The van der Waals surface area contributed by atoms with Gasteiger partial charge < -0.3 is 23.8 Å². The van der Waals surface area contributed by atoms with Crippen LogP contribution < -0.4 is 5.32 Å². The van der Waals surface area contributed by atoms with Crippen LogP contribution in [0.15, 0.2) is 46.5 Å². The van der Waals surface area contributed by atoms with Gasteiger partial charge in [0.2, 0.25) is 5.76 Å². The highest BCUT2D eigenvalue weighted by Crippen LogP contribution is 2.29. The van der Waals surface area contributed by atoms with Crippen molar-refractivity contribution in [1.82, 2.24) is 14.8 Å². The number of imide groups is 1. The Morgan fingerprint density at radius 2 is 1.89 bits per heavy atom. The molecule has 1 aliphatic heterocycles. The van der Waals surface area contributed by atoms with Crippen LogP contribution in [-0.2, 0) is 32.2 Å². The number of ether oxygens (including phenoxy) is 2. The standard InChI is InChI=1S/C25H25N3O7/c1-14(2)34-22(29)13-27-15(3)18(17-7-5-6-8-20(17)27)11-19-23(30)28(25(32)26-19)12-16-9-10-21(35-16)24(31)33-4/h5-11,14H,12-13H2,1-4H3,(H,26,32). The molecule has 3 aromatic rings. The van der Waals surface area contributed by atoms with Gasteiger partial charge in [-0.3, -0.25) is 14.5 Å². The summed E-state index contributed by atoms with van der Waals surface area (Å²) in [6, 6.07) is 9.79. The van der Waals surface area contributed by atoms with E-state index in [1.54, 1.807) is 19.9 Å². The highest BCUT2D eigenvalue weighted by molar-refractivity contribution is 6.14. The summed E-state index contributed by atoms with van der Waals surface area (Å²) in [5.41, 5.74) is 2.34. The lowest BCUT2D eigenvalue weighted by Gasteiger charge is -2.11. The molecule has 3 heterocycles. The monoisotopic (exact) mass is 479 g/mol. The molecule has 0 bridgehead atoms. The second-order valence-corrected chi connectivity index (χ2v) is 8.28. The molecule has 0 saturated carbocycles. The van der Waals surface area contributed by atoms with Crippen molar-refractivity contribution in [3.63, 3.8) is 0 Å². The topological polar surface area (TPSA) is 120 Å². The molecule has 1 aromatic carbocycles. The van der Waals surface area contributed by atoms with Gasteiger partial charge in [0.15, 0.2) is 0 Å². The maximum Gasteiger partial charge on any atom is 0.373 e. The summed E-state index contributed by atoms with van der Waals surface area (Å²) in [7, 11) is 1.23. The zero-order valence-electron chi connectivity index (χ0n) is 19.8. The average molecular weight is 479 g/mol. The maximum atomic E-state index is 13.0. The van der Waals surface area contributed by atoms with E-state index in [1.807, 2.05) is 35.8 Å². The van der Waals surface area contributed by atoms with Crippen molar-refractivity contribution in [3.05, 3.63) is 64.9 Å². The number of nitrogens with zero attached hydrogens (tertiary/aromatic N) is 2. The first-order chi connectivity index (χ1) is 16.7. The van der Waals surface area contributed by atoms with Gasteiger partial charge in [0.25, 0.3) is 5.91 Å². The van der Waals surface area contributed by atoms with Crippen molar-refractivity contribution >= 4 is 40.9 Å². The van der Waals surface area contributed by atoms with Crippen molar-refractivity contribution < 1.29 is 33.1 Å². The highest BCUT2D eigenvalue weighted by Gasteiger charge is 2.35. The quantitative estimate of drug-likeness (QED) is 0.313. The number of amides is 3. The number of methoxy groups -OCH3 is 1. The molecular formula is C25H25N3O7. The summed E-state index contributed by atoms with van der Waals surface area (Å²) in [5.74, 6) is -1.33. The van der Waals surface area contributed by atoms with Crippen LogP contribution >= 0.6 is 0 Å². The van der Waals surface area contributed by atoms with Gasteiger partial charge in [0.05, 0.1) is 19.8 Å². The Morgan fingerprint density at radius 1 is 1.14 bits per heavy atom. The molecule has 10 heteroatoms. The molecule has 0 atom stereocenters. The molecule has 3 amide bonds. The van der Waals surface area contributed by atoms with Crippen molar-refractivity contribution in [2.45, 2.75) is 40.0 Å². The number of carbonyl (C=O) groups is 4. The Hall–Kier alpha value is -4.34. The van der Waals surface area contributed by atoms with Crippen molar-refractivity contribution in [1.29, 1.82) is 0 Å². The van der Waals surface area contributed by atoms with Crippen molar-refractivity contribution in [2.24, 2.45) is 0 Å². The zero-order chi connectivity index (χ0) is 25.3. The Morgan fingerprint density at radius 3 is 2.60 bits per heavy atom. The van der Waals surface area contributed by atoms with Crippen LogP contribution in [0.1, 0.15) is 41.4 Å². The minimum atomic E-state index is -0.654. The maximum absolute atomic E-state index is 13.0. The predicted molar refractivity (Wildman–Crippen MR) is 125 cm³/mol. The van der Waals surface area contributed by atoms with E-state index in [4.69, 9.17) is 9.15 Å². The van der Waals surface area contributed by atoms with Crippen molar-refractivity contribution in [3.8, 4) is 0 Å². The lowest BCUT2D eigenvalue weighted by atomic mass is 10.1. The number of carbonyl (C=O) groups excluding carboxylic acids is 4. The van der Waals surface area contributed by atoms with Gasteiger partial charge in [-0.25, -0.2) is 9.59 Å². The fourth-order valence-corrected chi connectivity index (χ4v) is 3.96. The third-order valence-corrected chi connectivity index (χ3v) is 5.55. The summed E-state index contributed by atoms with van der Waals surface area (Å²) in [6.07, 6.45) is 1.37. The van der Waals surface area contributed by atoms with Crippen LogP contribution in [0, 0.1) is 6.92 Å². The van der Waals surface area contributed by atoms with E-state index in [1.165, 1.54) is 19.2 Å². The first-order valence-corrected chi connectivity index (χ1v) is 11.0. The fraction of sp³-hybridized carbons (Fsp3) is 0.280. The van der Waals surface area contributed by atoms with E-state index in [2.05, 4.69) is 10.1 Å². The number of para-hydroxylation sites is 1. The normalized spacial score (nSPS) is 14.8. The van der Waals surface area contributed by atoms with Gasteiger partial charge >= 0.3 is 18.0 Å². The number of esters is 2. The lowest BCUT2D eigenvalue weighted by Crippen LogP contribution is -2.30. The van der Waals surface area contributed by atoms with Gasteiger partial charge in [0.1, 0.15) is 18.0 Å². The van der Waals surface area contributed by atoms with E-state index in [0.29, 0.717) is 5.56 Å². The number of urea groups is 1. The number of rotatable bonds is 7.